The number of ether oxygens (including phenoxy) is 4. The Balaban J connectivity index is 2.03. The molecule has 1 unspecified atom stereocenters. The van der Waals surface area contributed by atoms with Gasteiger partial charge in [0.1, 0.15) is 6.61 Å². The van der Waals surface area contributed by atoms with Gasteiger partial charge in [-0.05, 0) is 17.7 Å². The zero-order valence-electron chi connectivity index (χ0n) is 16.1. The molecule has 1 atom stereocenters. The minimum Gasteiger partial charge on any atom is -0.484 e. The Hall–Kier alpha value is -1.90. The molecule has 1 aromatic rings. The molecule has 146 valence electrons. The summed E-state index contributed by atoms with van der Waals surface area (Å²) in [6, 6.07) is 3.61. The second-order valence-electron chi connectivity index (χ2n) is 6.54. The number of nitrogens with zero attached hydrogens (tertiary/aromatic N) is 5. The maximum atomic E-state index is 8.26. The third-order valence-electron chi connectivity index (χ3n) is 3.22. The van der Waals surface area contributed by atoms with Gasteiger partial charge in [0, 0.05) is 11.1 Å². The molecule has 0 aliphatic rings. The fraction of sp³-hybridized carbons (Fsp3) is 0.706. The summed E-state index contributed by atoms with van der Waals surface area (Å²) in [5.74, 6) is 1.65. The Bertz CT molecular complexity index is 558. The van der Waals surface area contributed by atoms with Crippen LogP contribution in [0.4, 0.5) is 5.82 Å². The topological polar surface area (TPSA) is 98.6 Å². The van der Waals surface area contributed by atoms with Gasteiger partial charge in [0.2, 0.25) is 5.75 Å². The van der Waals surface area contributed by atoms with E-state index in [2.05, 4.69) is 15.0 Å². The molecule has 0 N–H and O–H groups in total. The summed E-state index contributed by atoms with van der Waals surface area (Å²) in [4.78, 5) is 7.10. The number of hydrogen-bond acceptors (Lipinski definition) is 6. The van der Waals surface area contributed by atoms with Crippen LogP contribution in [0.25, 0.3) is 10.4 Å². The average molecular weight is 368 g/mol. The molecule has 26 heavy (non-hydrogen) atoms. The van der Waals surface area contributed by atoms with E-state index in [1.54, 1.807) is 13.1 Å². The number of hydrogen-bond donors (Lipinski definition) is 0. The quantitative estimate of drug-likeness (QED) is 0.165. The first-order valence-electron chi connectivity index (χ1n) is 8.62. The molecule has 0 fully saturated rings. The Labute approximate surface area is 155 Å². The number of rotatable bonds is 14. The Morgan fingerprint density at radius 1 is 1.08 bits per heavy atom. The fourth-order valence-corrected chi connectivity index (χ4v) is 2.02. The van der Waals surface area contributed by atoms with E-state index in [0.717, 1.165) is 11.6 Å². The van der Waals surface area contributed by atoms with Gasteiger partial charge in [-0.15, -0.1) is 0 Å². The first kappa shape index (κ1) is 22.1. The summed E-state index contributed by atoms with van der Waals surface area (Å²) in [5.41, 5.74) is 8.26. The predicted molar refractivity (Wildman–Crippen MR) is 100 cm³/mol. The van der Waals surface area contributed by atoms with Crippen molar-refractivity contribution < 1.29 is 18.9 Å². The number of aromatic nitrogens is 1. The molecule has 0 radical (unpaired) electrons. The van der Waals surface area contributed by atoms with Crippen molar-refractivity contribution in [3.63, 3.8) is 0 Å². The molecular weight excluding hydrogens is 338 g/mol. The molecule has 1 heterocycles. The van der Waals surface area contributed by atoms with Crippen molar-refractivity contribution in [3.8, 4) is 5.75 Å². The van der Waals surface area contributed by atoms with Crippen LogP contribution in [0.3, 0.4) is 0 Å². The van der Waals surface area contributed by atoms with Crippen LogP contribution in [0.5, 0.6) is 5.75 Å². The van der Waals surface area contributed by atoms with E-state index >= 15 is 0 Å². The zero-order chi connectivity index (χ0) is 19.3. The van der Waals surface area contributed by atoms with Crippen molar-refractivity contribution in [2.24, 2.45) is 5.11 Å². The molecule has 0 aromatic carbocycles. The van der Waals surface area contributed by atoms with Crippen LogP contribution in [-0.2, 0) is 14.2 Å². The van der Waals surface area contributed by atoms with Gasteiger partial charge in [0.25, 0.3) is 5.82 Å². The van der Waals surface area contributed by atoms with E-state index < -0.39 is 0 Å². The lowest BCUT2D eigenvalue weighted by molar-refractivity contribution is 0.00785. The molecule has 0 aliphatic carbocycles. The van der Waals surface area contributed by atoms with Gasteiger partial charge in [-0.2, -0.15) is 0 Å². The maximum Gasteiger partial charge on any atom is 0.269 e. The molecule has 0 amide bonds. The van der Waals surface area contributed by atoms with E-state index in [1.165, 1.54) is 0 Å². The highest BCUT2D eigenvalue weighted by atomic mass is 16.6. The Kier molecular flexibility index (Phi) is 10.6. The van der Waals surface area contributed by atoms with Gasteiger partial charge in [0.15, 0.2) is 0 Å². The third-order valence-corrected chi connectivity index (χ3v) is 3.22. The second kappa shape index (κ2) is 12.5. The molecule has 0 saturated carbocycles. The largest absolute Gasteiger partial charge is 0.484 e. The standard InChI is InChI=1S/C17H30N5O4/c1-15(20-21-18)14-25-11-10-23-8-9-24-12-13-26-16-6-5-7-19-17(16)22(2,3)4/h5-7,15H,8-14H2,1-4H3/q+1. The van der Waals surface area contributed by atoms with Gasteiger partial charge >= 0.3 is 0 Å². The monoisotopic (exact) mass is 368 g/mol. The van der Waals surface area contributed by atoms with Crippen molar-refractivity contribution in [1.82, 2.24) is 9.47 Å². The summed E-state index contributed by atoms with van der Waals surface area (Å²) in [6.07, 6.45) is 1.76. The highest BCUT2D eigenvalue weighted by Crippen LogP contribution is 2.26. The molecule has 9 nitrogen and oxygen atoms in total. The molecule has 1 aromatic heterocycles. The molecule has 9 heteroatoms. The first-order valence-corrected chi connectivity index (χ1v) is 8.62. The van der Waals surface area contributed by atoms with E-state index in [0.29, 0.717) is 50.7 Å². The Morgan fingerprint density at radius 2 is 1.69 bits per heavy atom. The molecule has 0 saturated heterocycles. The van der Waals surface area contributed by atoms with Crippen LogP contribution in [0, 0.1) is 0 Å². The van der Waals surface area contributed by atoms with Crippen LogP contribution in [0.1, 0.15) is 6.92 Å². The van der Waals surface area contributed by atoms with Gasteiger partial charge in [-0.1, -0.05) is 12.0 Å². The second-order valence-corrected chi connectivity index (χ2v) is 6.54. The maximum absolute atomic E-state index is 8.26. The lowest BCUT2D eigenvalue weighted by Gasteiger charge is -2.23. The first-order chi connectivity index (χ1) is 12.4. The normalized spacial score (nSPS) is 12.5. The molecule has 0 spiro atoms. The van der Waals surface area contributed by atoms with Crippen LogP contribution in [0.15, 0.2) is 23.4 Å². The zero-order valence-corrected chi connectivity index (χ0v) is 16.1. The van der Waals surface area contributed by atoms with Crippen LogP contribution in [-0.4, -0.2) is 78.4 Å². The average Bonchev–Trinajstić information content (AvgIpc) is 2.59. The minimum absolute atomic E-state index is 0.166. The highest BCUT2D eigenvalue weighted by molar-refractivity contribution is 5.47. The molecule has 0 bridgehead atoms. The summed E-state index contributed by atoms with van der Waals surface area (Å²) in [7, 11) is 6.14. The van der Waals surface area contributed by atoms with Crippen molar-refractivity contribution in [3.05, 3.63) is 28.8 Å². The number of pyridine rings is 1. The summed E-state index contributed by atoms with van der Waals surface area (Å²) in [6.45, 7) is 5.05. The summed E-state index contributed by atoms with van der Waals surface area (Å²) in [5, 5.41) is 3.52. The summed E-state index contributed by atoms with van der Waals surface area (Å²) >= 11 is 0. The molecular formula is C17H30N5O4+. The lowest BCUT2D eigenvalue weighted by atomic mass is 10.4. The Morgan fingerprint density at radius 3 is 2.31 bits per heavy atom. The SMILES string of the molecule is CC(COCCOCCOCCOc1cccnc1[N+](C)(C)C)N=[N+]=[N-]. The van der Waals surface area contributed by atoms with Crippen molar-refractivity contribution in [1.29, 1.82) is 0 Å². The number of quaternary nitrogens is 1. The van der Waals surface area contributed by atoms with E-state index in [4.69, 9.17) is 24.5 Å². The van der Waals surface area contributed by atoms with Crippen LogP contribution in [0.2, 0.25) is 0 Å². The molecule has 1 rings (SSSR count). The lowest BCUT2D eigenvalue weighted by Crippen LogP contribution is -2.36. The van der Waals surface area contributed by atoms with Crippen LogP contribution < -0.4 is 9.22 Å². The van der Waals surface area contributed by atoms with Crippen molar-refractivity contribution >= 4 is 5.82 Å². The van der Waals surface area contributed by atoms with Crippen molar-refractivity contribution in [2.45, 2.75) is 13.0 Å². The number of azide groups is 1. The predicted octanol–water partition coefficient (Wildman–Crippen LogP) is 2.41. The third kappa shape index (κ3) is 9.55. The molecule has 0 aliphatic heterocycles. The van der Waals surface area contributed by atoms with Gasteiger partial charge < -0.3 is 18.9 Å². The van der Waals surface area contributed by atoms with Gasteiger partial charge in [-0.3, -0.25) is 4.48 Å². The van der Waals surface area contributed by atoms with Crippen molar-refractivity contribution in [2.75, 3.05) is 67.4 Å². The minimum atomic E-state index is -0.166. The smallest absolute Gasteiger partial charge is 0.269 e. The fourth-order valence-electron chi connectivity index (χ4n) is 2.02. The van der Waals surface area contributed by atoms with E-state index in [9.17, 15) is 0 Å². The highest BCUT2D eigenvalue weighted by Gasteiger charge is 2.19. The van der Waals surface area contributed by atoms with E-state index in [1.807, 2.05) is 33.3 Å². The van der Waals surface area contributed by atoms with Gasteiger partial charge in [-0.25, -0.2) is 4.98 Å². The van der Waals surface area contributed by atoms with Gasteiger partial charge in [0.05, 0.1) is 66.8 Å². The summed E-state index contributed by atoms with van der Waals surface area (Å²) < 4.78 is 22.6. The van der Waals surface area contributed by atoms with E-state index in [-0.39, 0.29) is 6.04 Å². The van der Waals surface area contributed by atoms with Crippen LogP contribution >= 0.6 is 0 Å².